The van der Waals surface area contributed by atoms with Gasteiger partial charge in [-0.25, -0.2) is 0 Å². The third kappa shape index (κ3) is 113000. The molecule has 0 atom stereocenters. The number of carboxylic acid groups (broad SMARTS) is 8. The zero-order chi connectivity index (χ0) is 14.3. The van der Waals surface area contributed by atoms with Crippen LogP contribution in [0, 0.1) is 0 Å². The van der Waals surface area contributed by atoms with E-state index in [4.69, 9.17) is 60.0 Å². The van der Waals surface area contributed by atoms with E-state index in [-0.39, 0.29) is 120 Å². The molecule has 0 spiro atoms. The van der Waals surface area contributed by atoms with E-state index in [1.165, 1.54) is 0 Å². The monoisotopic (exact) mass is 408 g/mol. The molecule has 0 aromatic rings. The number of rotatable bonds is 0. The summed E-state index contributed by atoms with van der Waals surface area (Å²) >= 11 is 0. The standard InChI is InChI=1S/4CH2O3.Al.Ca.2Mg.3H2O/c4*2-1(3)4;;;;;;;/h4*(H2,2,3,4);;;;;3*1H2/q;;;;+3;3*+2;;;/p-9. The molecule has 0 aliphatic rings. The smallest absolute Gasteiger partial charge is 0.870 e. The third-order valence-corrected chi connectivity index (χ3v) is 0. The first kappa shape index (κ1) is 76.6. The largest absolute Gasteiger partial charge is 3.00 e. The second-order valence-electron chi connectivity index (χ2n) is 1.00. The molecule has 120 valence electrons. The Bertz CT molecular complexity index is 186. The molecule has 0 unspecified atom stereocenters. The van der Waals surface area contributed by atoms with Crippen LogP contribution in [0.1, 0.15) is 2.85 Å². The Kier molecular flexibility index (Phi) is 223. The SMILES string of the molecule is O=C([O-])[O-].O=C([O-])[O-].O=C([O-])[O-].O=C([O-])[O-].[Al+3].[Ca+2].[H+].[H+].[Mg+2].[Mg+2].[OH-].[OH-].[OH-]. The van der Waals surface area contributed by atoms with Crippen LogP contribution in [0.4, 0.5) is 19.2 Å². The van der Waals surface area contributed by atoms with Gasteiger partial charge in [-0.2, -0.15) is 0 Å². The van der Waals surface area contributed by atoms with Crippen molar-refractivity contribution >= 4 is 126 Å². The summed E-state index contributed by atoms with van der Waals surface area (Å²) in [7, 11) is 0. The molecule has 0 bridgehead atoms. The van der Waals surface area contributed by atoms with Crippen LogP contribution in [0.25, 0.3) is 0 Å². The fraction of sp³-hybridized carbons (Fsp3) is 0. The molecule has 3 N–H and O–H groups in total. The van der Waals surface area contributed by atoms with Crippen molar-refractivity contribution < 1.29 is 79.3 Å². The molecular weight excluding hydrogens is 404 g/mol. The molecule has 0 aliphatic carbocycles. The van der Waals surface area contributed by atoms with E-state index < -0.39 is 24.6 Å². The van der Waals surface area contributed by atoms with Crippen LogP contribution in [0.5, 0.6) is 0 Å². The Balaban J connectivity index is -0.00000000623. The minimum absolute atomic E-state index is 0. The van der Waals surface area contributed by atoms with Gasteiger partial charge in [0.25, 0.3) is 0 Å². The van der Waals surface area contributed by atoms with Crippen molar-refractivity contribution in [2.75, 3.05) is 0 Å². The molecule has 0 amide bonds. The van der Waals surface area contributed by atoms with Crippen molar-refractivity contribution in [3.63, 3.8) is 0 Å². The molecule has 0 radical (unpaired) electrons. The summed E-state index contributed by atoms with van der Waals surface area (Å²) in [5.74, 6) is 0. The van der Waals surface area contributed by atoms with Crippen LogP contribution in [0.3, 0.4) is 0 Å². The number of carbonyl (C=O) groups excluding carboxylic acids is 4. The molecule has 0 saturated carbocycles. The van der Waals surface area contributed by atoms with Crippen LogP contribution in [-0.2, 0) is 0 Å². The molecule has 0 heterocycles. The maximum atomic E-state index is 8.33. The molecule has 0 aromatic carbocycles. The fourth-order valence-electron chi connectivity index (χ4n) is 0. The van der Waals surface area contributed by atoms with Crippen molar-refractivity contribution in [3.05, 3.63) is 0 Å². The number of carbonyl (C=O) groups is 4. The van der Waals surface area contributed by atoms with Crippen LogP contribution >= 0.6 is 0 Å². The molecule has 0 rings (SSSR count). The molecule has 0 fully saturated rings. The van der Waals surface area contributed by atoms with E-state index in [2.05, 4.69) is 0 Å². The number of hydrogen-bond donors (Lipinski definition) is 0. The molecule has 0 saturated heterocycles. The van der Waals surface area contributed by atoms with Crippen LogP contribution in [-0.4, -0.2) is 142 Å². The van der Waals surface area contributed by atoms with Crippen molar-refractivity contribution in [2.45, 2.75) is 0 Å². The zero-order valence-electron chi connectivity index (χ0n) is 12.9. The minimum atomic E-state index is -2.33. The number of hydrogen-bond acceptors (Lipinski definition) is 15. The summed E-state index contributed by atoms with van der Waals surface area (Å²) in [4.78, 5) is 33.3. The molecular formula is C4H5AlCaMg2O15. The third-order valence-electron chi connectivity index (χ3n) is 0. The van der Waals surface area contributed by atoms with E-state index in [1.54, 1.807) is 0 Å². The van der Waals surface area contributed by atoms with Gasteiger partial charge < -0.3 is 76.5 Å². The van der Waals surface area contributed by atoms with E-state index in [1.807, 2.05) is 0 Å². The maximum absolute atomic E-state index is 8.33. The van der Waals surface area contributed by atoms with E-state index >= 15 is 0 Å². The topological polar surface area (TPSA) is 343 Å². The van der Waals surface area contributed by atoms with Crippen molar-refractivity contribution in [1.29, 1.82) is 0 Å². The second kappa shape index (κ2) is 66.9. The first-order valence-electron chi connectivity index (χ1n) is 2.45. The van der Waals surface area contributed by atoms with Gasteiger partial charge in [0.2, 0.25) is 0 Å². The Hall–Kier alpha value is 0.285. The van der Waals surface area contributed by atoms with Gasteiger partial charge in [-0.05, 0) is 24.6 Å². The predicted octanol–water partition coefficient (Wildman–Crippen LogP) is -11.6. The van der Waals surface area contributed by atoms with Crippen LogP contribution < -0.4 is 40.9 Å². The Morgan fingerprint density at radius 2 is 0.478 bits per heavy atom. The average Bonchev–Trinajstić information content (AvgIpc) is 1.76. The Morgan fingerprint density at radius 1 is 0.478 bits per heavy atom. The minimum Gasteiger partial charge on any atom is -0.870 e. The fourth-order valence-corrected chi connectivity index (χ4v) is 0. The normalized spacial score (nSPS) is 4.17. The van der Waals surface area contributed by atoms with Gasteiger partial charge in [-0.15, -0.1) is 0 Å². The average molecular weight is 409 g/mol. The predicted molar refractivity (Wildman–Crippen MR) is 52.6 cm³/mol. The van der Waals surface area contributed by atoms with Gasteiger partial charge in [0.1, 0.15) is 0 Å². The van der Waals surface area contributed by atoms with Gasteiger partial charge in [-0.3, -0.25) is 0 Å². The van der Waals surface area contributed by atoms with Crippen molar-refractivity contribution in [1.82, 2.24) is 0 Å². The molecule has 0 aliphatic heterocycles. The van der Waals surface area contributed by atoms with Crippen molar-refractivity contribution in [3.8, 4) is 0 Å². The van der Waals surface area contributed by atoms with Crippen molar-refractivity contribution in [2.24, 2.45) is 0 Å². The van der Waals surface area contributed by atoms with Gasteiger partial charge in [-0.1, -0.05) is 0 Å². The molecule has 0 aromatic heterocycles. The maximum Gasteiger partial charge on any atom is 3.00 e. The quantitative estimate of drug-likeness (QED) is 0.335. The summed E-state index contributed by atoms with van der Waals surface area (Å²) in [6.07, 6.45) is -9.33. The van der Waals surface area contributed by atoms with Gasteiger partial charge in [0, 0.05) is 0 Å². The van der Waals surface area contributed by atoms with E-state index in [0.717, 1.165) is 0 Å². The molecule has 23 heavy (non-hydrogen) atoms. The van der Waals surface area contributed by atoms with Gasteiger partial charge in [0.15, 0.2) is 0 Å². The van der Waals surface area contributed by atoms with Gasteiger partial charge >= 0.3 is 104 Å². The van der Waals surface area contributed by atoms with Gasteiger partial charge in [0.05, 0.1) is 0 Å². The zero-order valence-corrected chi connectivity index (χ0v) is 17.1. The Morgan fingerprint density at radius 3 is 0.478 bits per heavy atom. The molecule has 15 nitrogen and oxygen atoms in total. The summed E-state index contributed by atoms with van der Waals surface area (Å²) in [6.45, 7) is 0. The molecule has 19 heteroatoms. The van der Waals surface area contributed by atoms with E-state index in [9.17, 15) is 0 Å². The summed E-state index contributed by atoms with van der Waals surface area (Å²) in [6, 6.07) is 0. The van der Waals surface area contributed by atoms with E-state index in [0.29, 0.717) is 0 Å². The first-order valence-corrected chi connectivity index (χ1v) is 2.45. The second-order valence-corrected chi connectivity index (χ2v) is 1.00. The Labute approximate surface area is 203 Å². The summed E-state index contributed by atoms with van der Waals surface area (Å²) in [5, 5.41) is 66.7. The van der Waals surface area contributed by atoms with Crippen LogP contribution in [0.2, 0.25) is 0 Å². The van der Waals surface area contributed by atoms with Crippen LogP contribution in [0.15, 0.2) is 0 Å². The summed E-state index contributed by atoms with van der Waals surface area (Å²) < 4.78 is 0. The summed E-state index contributed by atoms with van der Waals surface area (Å²) in [5.41, 5.74) is 0. The first-order chi connectivity index (χ1) is 6.93.